The van der Waals surface area contributed by atoms with Crippen LogP contribution in [0.1, 0.15) is 33.6 Å². The first-order valence-electron chi connectivity index (χ1n) is 7.34. The molecule has 114 valence electrons. The molecule has 20 heavy (non-hydrogen) atoms. The van der Waals surface area contributed by atoms with Crippen LogP contribution in [-0.2, 0) is 4.79 Å². The number of carbonyl (C=O) groups is 2. The first kappa shape index (κ1) is 15.1. The summed E-state index contributed by atoms with van der Waals surface area (Å²) in [5.74, 6) is 0.112. The molecule has 2 saturated heterocycles. The van der Waals surface area contributed by atoms with Crippen molar-refractivity contribution in [1.29, 1.82) is 0 Å². The maximum Gasteiger partial charge on any atom is 0.317 e. The van der Waals surface area contributed by atoms with Crippen LogP contribution in [-0.4, -0.2) is 60.0 Å². The standard InChI is InChI=1S/C14H26N4O2/c1-14(2,3)7-10(15)6-12(19)17-4-5-18-11(9-17)8-16-13(18)20/h10-11H,4-9,15H2,1-3H3,(H,16,20). The van der Waals surface area contributed by atoms with Crippen LogP contribution >= 0.6 is 0 Å². The van der Waals surface area contributed by atoms with Gasteiger partial charge < -0.3 is 20.9 Å². The summed E-state index contributed by atoms with van der Waals surface area (Å²) in [5, 5.41) is 2.82. The van der Waals surface area contributed by atoms with Gasteiger partial charge in [-0.05, 0) is 11.8 Å². The highest BCUT2D eigenvalue weighted by Crippen LogP contribution is 2.22. The number of hydrogen-bond acceptors (Lipinski definition) is 3. The summed E-state index contributed by atoms with van der Waals surface area (Å²) in [6, 6.07) is 0.0226. The number of hydrogen-bond donors (Lipinski definition) is 2. The van der Waals surface area contributed by atoms with E-state index in [4.69, 9.17) is 5.73 Å². The van der Waals surface area contributed by atoms with E-state index < -0.39 is 0 Å². The van der Waals surface area contributed by atoms with E-state index in [0.717, 1.165) is 6.42 Å². The Morgan fingerprint density at radius 2 is 2.15 bits per heavy atom. The smallest absolute Gasteiger partial charge is 0.317 e. The zero-order valence-electron chi connectivity index (χ0n) is 12.7. The fourth-order valence-corrected chi connectivity index (χ4v) is 3.04. The SMILES string of the molecule is CC(C)(C)CC(N)CC(=O)N1CCN2C(=O)NCC2C1. The average molecular weight is 282 g/mol. The van der Waals surface area contributed by atoms with E-state index in [1.165, 1.54) is 0 Å². The zero-order valence-corrected chi connectivity index (χ0v) is 12.7. The average Bonchev–Trinajstić information content (AvgIpc) is 2.68. The molecule has 0 bridgehead atoms. The second-order valence-electron chi connectivity index (χ2n) is 7.10. The Balaban J connectivity index is 1.83. The molecule has 0 saturated carbocycles. The van der Waals surface area contributed by atoms with Crippen molar-refractivity contribution < 1.29 is 9.59 Å². The molecule has 6 heteroatoms. The van der Waals surface area contributed by atoms with E-state index >= 15 is 0 Å². The molecular formula is C14H26N4O2. The lowest BCUT2D eigenvalue weighted by Gasteiger charge is -2.37. The Morgan fingerprint density at radius 1 is 1.45 bits per heavy atom. The van der Waals surface area contributed by atoms with Crippen molar-refractivity contribution in [3.8, 4) is 0 Å². The molecule has 2 unspecified atom stereocenters. The van der Waals surface area contributed by atoms with Gasteiger partial charge in [0.15, 0.2) is 0 Å². The summed E-state index contributed by atoms with van der Waals surface area (Å²) < 4.78 is 0. The summed E-state index contributed by atoms with van der Waals surface area (Å²) >= 11 is 0. The topological polar surface area (TPSA) is 78.7 Å². The highest BCUT2D eigenvalue weighted by atomic mass is 16.2. The summed E-state index contributed by atoms with van der Waals surface area (Å²) in [5.41, 5.74) is 6.21. The van der Waals surface area contributed by atoms with Gasteiger partial charge >= 0.3 is 6.03 Å². The lowest BCUT2D eigenvalue weighted by atomic mass is 9.87. The van der Waals surface area contributed by atoms with E-state index in [0.29, 0.717) is 32.6 Å². The molecule has 3 amide bonds. The molecule has 0 spiro atoms. The third kappa shape index (κ3) is 3.62. The maximum atomic E-state index is 12.3. The van der Waals surface area contributed by atoms with E-state index in [9.17, 15) is 9.59 Å². The number of rotatable bonds is 3. The third-order valence-electron chi connectivity index (χ3n) is 3.90. The summed E-state index contributed by atoms with van der Waals surface area (Å²) in [7, 11) is 0. The number of carbonyl (C=O) groups excluding carboxylic acids is 2. The van der Waals surface area contributed by atoms with Crippen molar-refractivity contribution in [2.45, 2.75) is 45.7 Å². The minimum absolute atomic E-state index is 0.00784. The van der Waals surface area contributed by atoms with Gasteiger partial charge in [-0.2, -0.15) is 0 Å². The summed E-state index contributed by atoms with van der Waals surface area (Å²) in [4.78, 5) is 27.5. The molecular weight excluding hydrogens is 256 g/mol. The minimum atomic E-state index is -0.0936. The highest BCUT2D eigenvalue weighted by Gasteiger charge is 2.37. The van der Waals surface area contributed by atoms with Crippen LogP contribution in [0.5, 0.6) is 0 Å². The van der Waals surface area contributed by atoms with Crippen molar-refractivity contribution in [3.63, 3.8) is 0 Å². The third-order valence-corrected chi connectivity index (χ3v) is 3.90. The Morgan fingerprint density at radius 3 is 2.80 bits per heavy atom. The fourth-order valence-electron chi connectivity index (χ4n) is 3.04. The van der Waals surface area contributed by atoms with Crippen LogP contribution in [0.25, 0.3) is 0 Å². The van der Waals surface area contributed by atoms with E-state index in [-0.39, 0.29) is 29.4 Å². The molecule has 2 aliphatic rings. The second-order valence-corrected chi connectivity index (χ2v) is 7.10. The van der Waals surface area contributed by atoms with Crippen LogP contribution in [0.4, 0.5) is 4.79 Å². The highest BCUT2D eigenvalue weighted by molar-refractivity contribution is 5.79. The Bertz CT molecular complexity index is 391. The molecule has 0 aromatic carbocycles. The molecule has 6 nitrogen and oxygen atoms in total. The van der Waals surface area contributed by atoms with Crippen LogP contribution in [0, 0.1) is 5.41 Å². The van der Waals surface area contributed by atoms with Crippen LogP contribution in [0.3, 0.4) is 0 Å². The summed E-state index contributed by atoms with van der Waals surface area (Å²) in [6.07, 6.45) is 1.23. The number of fused-ring (bicyclic) bond motifs is 1. The Kier molecular flexibility index (Phi) is 4.22. The molecule has 2 rings (SSSR count). The first-order chi connectivity index (χ1) is 9.26. The molecule has 3 N–H and O–H groups in total. The van der Waals surface area contributed by atoms with E-state index in [2.05, 4.69) is 26.1 Å². The van der Waals surface area contributed by atoms with Crippen LogP contribution in [0.15, 0.2) is 0 Å². The van der Waals surface area contributed by atoms with Crippen molar-refractivity contribution in [2.75, 3.05) is 26.2 Å². The van der Waals surface area contributed by atoms with Gasteiger partial charge in [0, 0.05) is 38.6 Å². The van der Waals surface area contributed by atoms with E-state index in [1.54, 1.807) is 0 Å². The molecule has 0 aliphatic carbocycles. The quantitative estimate of drug-likeness (QED) is 0.785. The predicted molar refractivity (Wildman–Crippen MR) is 77.1 cm³/mol. The molecule has 2 aliphatic heterocycles. The predicted octanol–water partition coefficient (Wildman–Crippen LogP) is 0.376. The molecule has 0 aromatic rings. The first-order valence-corrected chi connectivity index (χ1v) is 7.34. The van der Waals surface area contributed by atoms with Crippen LogP contribution < -0.4 is 11.1 Å². The van der Waals surface area contributed by atoms with Gasteiger partial charge in [0.2, 0.25) is 5.91 Å². The lowest BCUT2D eigenvalue weighted by molar-refractivity contribution is -0.133. The minimum Gasteiger partial charge on any atom is -0.339 e. The van der Waals surface area contributed by atoms with Gasteiger partial charge in [0.05, 0.1) is 6.04 Å². The van der Waals surface area contributed by atoms with Gasteiger partial charge in [-0.1, -0.05) is 20.8 Å². The monoisotopic (exact) mass is 282 g/mol. The number of nitrogens with two attached hydrogens (primary N) is 1. The van der Waals surface area contributed by atoms with Crippen molar-refractivity contribution in [2.24, 2.45) is 11.1 Å². The van der Waals surface area contributed by atoms with Crippen LogP contribution in [0.2, 0.25) is 0 Å². The number of urea groups is 1. The molecule has 0 radical (unpaired) electrons. The van der Waals surface area contributed by atoms with Crippen molar-refractivity contribution in [1.82, 2.24) is 15.1 Å². The van der Waals surface area contributed by atoms with Gasteiger partial charge in [-0.15, -0.1) is 0 Å². The fraction of sp³-hybridized carbons (Fsp3) is 0.857. The van der Waals surface area contributed by atoms with E-state index in [1.807, 2.05) is 9.80 Å². The maximum absolute atomic E-state index is 12.3. The second kappa shape index (κ2) is 5.60. The van der Waals surface area contributed by atoms with Crippen molar-refractivity contribution >= 4 is 11.9 Å². The molecule has 2 fully saturated rings. The molecule has 0 aromatic heterocycles. The number of piperazine rings is 1. The Labute approximate surface area is 120 Å². The van der Waals surface area contributed by atoms with Gasteiger partial charge in [0.25, 0.3) is 0 Å². The van der Waals surface area contributed by atoms with Crippen molar-refractivity contribution in [3.05, 3.63) is 0 Å². The zero-order chi connectivity index (χ0) is 14.9. The summed E-state index contributed by atoms with van der Waals surface area (Å²) in [6.45, 7) is 8.89. The number of nitrogens with zero attached hydrogens (tertiary/aromatic N) is 2. The number of amides is 3. The lowest BCUT2D eigenvalue weighted by Crippen LogP contribution is -2.54. The normalized spacial score (nSPS) is 24.4. The Hall–Kier alpha value is -1.30. The van der Waals surface area contributed by atoms with Gasteiger partial charge in [0.1, 0.15) is 0 Å². The molecule has 2 atom stereocenters. The van der Waals surface area contributed by atoms with Gasteiger partial charge in [-0.25, -0.2) is 4.79 Å². The van der Waals surface area contributed by atoms with Gasteiger partial charge in [-0.3, -0.25) is 4.79 Å². The largest absolute Gasteiger partial charge is 0.339 e. The number of nitrogens with one attached hydrogen (secondary N) is 1. The molecule has 2 heterocycles.